The van der Waals surface area contributed by atoms with Gasteiger partial charge in [0, 0.05) is 37.6 Å². The topological polar surface area (TPSA) is 124 Å². The Morgan fingerprint density at radius 2 is 2.00 bits per heavy atom. The lowest BCUT2D eigenvalue weighted by Gasteiger charge is -2.27. The first kappa shape index (κ1) is 26.3. The number of piperazine rings is 1. The summed E-state index contributed by atoms with van der Waals surface area (Å²) in [5, 5.41) is 12.3. The van der Waals surface area contributed by atoms with Crippen molar-refractivity contribution in [1.82, 2.24) is 25.2 Å². The Hall–Kier alpha value is -4.36. The number of anilines is 2. The van der Waals surface area contributed by atoms with Crippen molar-refractivity contribution < 1.29 is 14.3 Å². The van der Waals surface area contributed by atoms with Gasteiger partial charge in [0.05, 0.1) is 29.6 Å². The van der Waals surface area contributed by atoms with Gasteiger partial charge in [-0.2, -0.15) is 5.26 Å². The van der Waals surface area contributed by atoms with E-state index in [2.05, 4.69) is 26.3 Å². The lowest BCUT2D eigenvalue weighted by Crippen LogP contribution is -2.47. The maximum atomic E-state index is 13.5. The summed E-state index contributed by atoms with van der Waals surface area (Å²) in [4.78, 5) is 42.4. The van der Waals surface area contributed by atoms with Crippen LogP contribution >= 0.6 is 0 Å². The van der Waals surface area contributed by atoms with Crippen molar-refractivity contribution in [3.05, 3.63) is 65.6 Å². The standard InChI is InChI=1S/C29H31N7O3/c1-29(2,3)39-28(38)36(25-12-19(15-30)8-9-31-25)26-14-22(20-4-5-20)13-24(34-26)21-6-7-23(33-16-21)17-35-11-10-32-27(37)18-35/h6-9,12-14,16,20H,4-5,10-11,17-18H2,1-3H3,(H,32,37). The average molecular weight is 526 g/mol. The molecule has 0 unspecified atom stereocenters. The summed E-state index contributed by atoms with van der Waals surface area (Å²) < 4.78 is 5.72. The van der Waals surface area contributed by atoms with Gasteiger partial charge >= 0.3 is 6.09 Å². The van der Waals surface area contributed by atoms with Crippen molar-refractivity contribution >= 4 is 23.6 Å². The summed E-state index contributed by atoms with van der Waals surface area (Å²) in [7, 11) is 0. The first-order valence-electron chi connectivity index (χ1n) is 13.0. The molecule has 200 valence electrons. The molecule has 10 heteroatoms. The van der Waals surface area contributed by atoms with Crippen molar-refractivity contribution in [2.75, 3.05) is 24.5 Å². The van der Waals surface area contributed by atoms with E-state index in [1.165, 1.54) is 11.1 Å². The second-order valence-electron chi connectivity index (χ2n) is 10.8. The third-order valence-electron chi connectivity index (χ3n) is 6.42. The van der Waals surface area contributed by atoms with Gasteiger partial charge in [-0.05, 0) is 81.5 Å². The molecule has 1 saturated carbocycles. The Labute approximate surface area is 227 Å². The maximum Gasteiger partial charge on any atom is 0.421 e. The zero-order valence-electron chi connectivity index (χ0n) is 22.3. The Morgan fingerprint density at radius 3 is 2.67 bits per heavy atom. The molecule has 0 aromatic carbocycles. The summed E-state index contributed by atoms with van der Waals surface area (Å²) >= 11 is 0. The van der Waals surface area contributed by atoms with Gasteiger partial charge in [0.1, 0.15) is 17.2 Å². The zero-order chi connectivity index (χ0) is 27.6. The van der Waals surface area contributed by atoms with E-state index >= 15 is 0 Å². The molecule has 3 aromatic heterocycles. The molecule has 1 aliphatic carbocycles. The minimum Gasteiger partial charge on any atom is -0.443 e. The predicted molar refractivity (Wildman–Crippen MR) is 145 cm³/mol. The molecule has 39 heavy (non-hydrogen) atoms. The lowest BCUT2D eigenvalue weighted by molar-refractivity contribution is -0.124. The Kier molecular flexibility index (Phi) is 7.26. The highest BCUT2D eigenvalue weighted by molar-refractivity contribution is 5.94. The van der Waals surface area contributed by atoms with Gasteiger partial charge < -0.3 is 10.1 Å². The van der Waals surface area contributed by atoms with Gasteiger partial charge in [-0.25, -0.2) is 19.7 Å². The molecule has 4 heterocycles. The number of ether oxygens (including phenoxy) is 1. The number of pyridine rings is 3. The van der Waals surface area contributed by atoms with Crippen LogP contribution in [0.1, 0.15) is 56.4 Å². The number of nitriles is 1. The number of amides is 2. The molecule has 2 fully saturated rings. The maximum absolute atomic E-state index is 13.5. The summed E-state index contributed by atoms with van der Waals surface area (Å²) in [5.41, 5.74) is 3.05. The minimum atomic E-state index is -0.742. The SMILES string of the molecule is CC(C)(C)OC(=O)N(c1cc(C#N)ccn1)c1cc(C2CC2)cc(-c2ccc(CN3CCNC(=O)C3)nc2)n1. The highest BCUT2D eigenvalue weighted by atomic mass is 16.6. The van der Waals surface area contributed by atoms with Crippen LogP contribution in [0.3, 0.4) is 0 Å². The lowest BCUT2D eigenvalue weighted by atomic mass is 10.1. The Balaban J connectivity index is 1.50. The third kappa shape index (κ3) is 6.56. The van der Waals surface area contributed by atoms with Gasteiger partial charge in [-0.15, -0.1) is 0 Å². The number of hydrogen-bond donors (Lipinski definition) is 1. The minimum absolute atomic E-state index is 0.0239. The molecule has 0 radical (unpaired) electrons. The van der Waals surface area contributed by atoms with Crippen LogP contribution in [-0.2, 0) is 16.1 Å². The molecule has 2 aliphatic rings. The van der Waals surface area contributed by atoms with Crippen LogP contribution in [0.5, 0.6) is 0 Å². The second-order valence-corrected chi connectivity index (χ2v) is 10.8. The van der Waals surface area contributed by atoms with Crippen LogP contribution in [0.15, 0.2) is 48.8 Å². The molecule has 1 N–H and O–H groups in total. The number of hydrogen-bond acceptors (Lipinski definition) is 8. The van der Waals surface area contributed by atoms with Crippen LogP contribution in [0.2, 0.25) is 0 Å². The van der Waals surface area contributed by atoms with Crippen molar-refractivity contribution in [1.29, 1.82) is 5.26 Å². The summed E-state index contributed by atoms with van der Waals surface area (Å²) in [5.74, 6) is 1.04. The average Bonchev–Trinajstić information content (AvgIpc) is 3.74. The van der Waals surface area contributed by atoms with Gasteiger partial charge in [-0.1, -0.05) is 0 Å². The smallest absolute Gasteiger partial charge is 0.421 e. The molecule has 1 aliphatic heterocycles. The normalized spacial score (nSPS) is 15.8. The molecule has 2 amide bonds. The Morgan fingerprint density at radius 1 is 1.18 bits per heavy atom. The number of carbonyl (C=O) groups is 2. The number of rotatable bonds is 6. The fourth-order valence-electron chi connectivity index (χ4n) is 4.40. The third-order valence-corrected chi connectivity index (χ3v) is 6.42. The van der Waals surface area contributed by atoms with E-state index in [9.17, 15) is 14.9 Å². The highest BCUT2D eigenvalue weighted by Crippen LogP contribution is 2.42. The van der Waals surface area contributed by atoms with E-state index < -0.39 is 11.7 Å². The highest BCUT2D eigenvalue weighted by Gasteiger charge is 2.30. The molecular weight excluding hydrogens is 494 g/mol. The van der Waals surface area contributed by atoms with Crippen molar-refractivity contribution in [2.24, 2.45) is 0 Å². The van der Waals surface area contributed by atoms with E-state index in [4.69, 9.17) is 9.72 Å². The predicted octanol–water partition coefficient (Wildman–Crippen LogP) is 4.29. The second kappa shape index (κ2) is 10.8. The van der Waals surface area contributed by atoms with Crippen LogP contribution in [0.4, 0.5) is 16.4 Å². The van der Waals surface area contributed by atoms with E-state index in [0.717, 1.165) is 36.2 Å². The van der Waals surface area contributed by atoms with Gasteiger partial charge in [0.15, 0.2) is 0 Å². The van der Waals surface area contributed by atoms with E-state index in [-0.39, 0.29) is 11.7 Å². The van der Waals surface area contributed by atoms with Gasteiger partial charge in [-0.3, -0.25) is 14.7 Å². The molecule has 3 aromatic rings. The van der Waals surface area contributed by atoms with E-state index in [1.54, 1.807) is 39.1 Å². The fourth-order valence-corrected chi connectivity index (χ4v) is 4.40. The quantitative estimate of drug-likeness (QED) is 0.505. The van der Waals surface area contributed by atoms with Gasteiger partial charge in [0.25, 0.3) is 0 Å². The van der Waals surface area contributed by atoms with Crippen LogP contribution in [0, 0.1) is 11.3 Å². The molecule has 5 rings (SSSR count). The fraction of sp³-hybridized carbons (Fsp3) is 0.379. The van der Waals surface area contributed by atoms with Gasteiger partial charge in [0.2, 0.25) is 5.91 Å². The van der Waals surface area contributed by atoms with Crippen LogP contribution in [-0.4, -0.2) is 57.1 Å². The molecule has 10 nitrogen and oxygen atoms in total. The van der Waals surface area contributed by atoms with Crippen LogP contribution in [0.25, 0.3) is 11.3 Å². The first-order chi connectivity index (χ1) is 18.7. The monoisotopic (exact) mass is 525 g/mol. The summed E-state index contributed by atoms with van der Waals surface area (Å²) in [6.07, 6.45) is 4.77. The molecule has 1 saturated heterocycles. The number of aromatic nitrogens is 3. The summed E-state index contributed by atoms with van der Waals surface area (Å²) in [6, 6.07) is 13.1. The first-order valence-corrected chi connectivity index (χ1v) is 13.0. The summed E-state index contributed by atoms with van der Waals surface area (Å²) in [6.45, 7) is 7.76. The molecular formula is C29H31N7O3. The number of nitrogens with one attached hydrogen (secondary N) is 1. The molecule has 0 bridgehead atoms. The largest absolute Gasteiger partial charge is 0.443 e. The Bertz CT molecular complexity index is 1420. The molecule has 0 spiro atoms. The van der Waals surface area contributed by atoms with Crippen molar-refractivity contribution in [2.45, 2.75) is 51.7 Å². The number of carbonyl (C=O) groups excluding carboxylic acids is 2. The van der Waals surface area contributed by atoms with E-state index in [1.807, 2.05) is 24.3 Å². The van der Waals surface area contributed by atoms with Crippen LogP contribution < -0.4 is 10.2 Å². The zero-order valence-corrected chi connectivity index (χ0v) is 22.3. The van der Waals surface area contributed by atoms with Crippen molar-refractivity contribution in [3.63, 3.8) is 0 Å². The molecule has 0 atom stereocenters. The number of nitrogens with zero attached hydrogens (tertiary/aromatic N) is 6. The van der Waals surface area contributed by atoms with E-state index in [0.29, 0.717) is 42.6 Å². The van der Waals surface area contributed by atoms with Crippen molar-refractivity contribution in [3.8, 4) is 17.3 Å².